The van der Waals surface area contributed by atoms with Crippen LogP contribution >= 0.6 is 0 Å². The molecule has 2 aliphatic rings. The maximum Gasteiger partial charge on any atom is 0.392 e. The fraction of sp³-hybridized carbons (Fsp3) is 0.417. The van der Waals surface area contributed by atoms with Gasteiger partial charge in [0.25, 0.3) is 6.17 Å². The average molecular weight is 280 g/mol. The van der Waals surface area contributed by atoms with Crippen molar-refractivity contribution < 1.29 is 24.0 Å². The van der Waals surface area contributed by atoms with Crippen LogP contribution in [0.1, 0.15) is 12.6 Å². The second-order valence-electron chi connectivity index (χ2n) is 4.56. The number of carbonyl (C=O) groups excluding carboxylic acids is 1. The molecule has 1 unspecified atom stereocenters. The quantitative estimate of drug-likeness (QED) is 0.506. The van der Waals surface area contributed by atoms with Gasteiger partial charge in [0.15, 0.2) is 6.54 Å². The van der Waals surface area contributed by atoms with Gasteiger partial charge in [-0.1, -0.05) is 0 Å². The lowest BCUT2D eigenvalue weighted by molar-refractivity contribution is -0.591. The van der Waals surface area contributed by atoms with Crippen molar-refractivity contribution in [2.24, 2.45) is 0 Å². The highest BCUT2D eigenvalue weighted by Crippen LogP contribution is 2.18. The monoisotopic (exact) mass is 280 g/mol. The molecule has 0 saturated carbocycles. The van der Waals surface area contributed by atoms with E-state index in [1.807, 2.05) is 0 Å². The Morgan fingerprint density at radius 2 is 2.45 bits per heavy atom. The first-order chi connectivity index (χ1) is 9.58. The lowest BCUT2D eigenvalue weighted by Crippen LogP contribution is -2.54. The zero-order valence-corrected chi connectivity index (χ0v) is 10.8. The van der Waals surface area contributed by atoms with Crippen LogP contribution in [0.25, 0.3) is 0 Å². The average Bonchev–Trinajstić information content (AvgIpc) is 2.42. The second-order valence-corrected chi connectivity index (χ2v) is 4.56. The Kier molecular flexibility index (Phi) is 2.94. The number of ether oxygens (including phenoxy) is 2. The molecule has 1 fully saturated rings. The van der Waals surface area contributed by atoms with Crippen molar-refractivity contribution in [3.05, 3.63) is 28.2 Å². The highest BCUT2D eigenvalue weighted by Gasteiger charge is 2.38. The topological polar surface area (TPSA) is 92.8 Å². The predicted molar refractivity (Wildman–Crippen MR) is 67.8 cm³/mol. The first-order valence-corrected chi connectivity index (χ1v) is 6.19. The van der Waals surface area contributed by atoms with Crippen molar-refractivity contribution in [1.29, 1.82) is 0 Å². The number of aliphatic hydroxyl groups is 1. The van der Waals surface area contributed by atoms with Gasteiger partial charge in [-0.05, 0) is 0 Å². The van der Waals surface area contributed by atoms with Crippen molar-refractivity contribution in [2.75, 3.05) is 25.2 Å². The van der Waals surface area contributed by atoms with Crippen LogP contribution < -0.4 is 15.6 Å². The minimum Gasteiger partial charge on any atom is -0.458 e. The normalized spacial score (nSPS) is 20.8. The van der Waals surface area contributed by atoms with Crippen molar-refractivity contribution in [1.82, 2.24) is 4.68 Å². The van der Waals surface area contributed by atoms with Gasteiger partial charge in [-0.3, -0.25) is 15.0 Å². The summed E-state index contributed by atoms with van der Waals surface area (Å²) in [7, 11) is 0. The summed E-state index contributed by atoms with van der Waals surface area (Å²) < 4.78 is 13.4. The maximum absolute atomic E-state index is 11.8. The molecular weight excluding hydrogens is 266 g/mol. The minimum absolute atomic E-state index is 0.106. The molecule has 8 nitrogen and oxygen atoms in total. The van der Waals surface area contributed by atoms with E-state index in [-0.39, 0.29) is 23.5 Å². The highest BCUT2D eigenvalue weighted by atomic mass is 16.5. The van der Waals surface area contributed by atoms with E-state index >= 15 is 0 Å². The van der Waals surface area contributed by atoms with Gasteiger partial charge in [0.1, 0.15) is 13.2 Å². The zero-order valence-electron chi connectivity index (χ0n) is 10.8. The molecule has 0 aliphatic carbocycles. The molecular formula is C12H14N3O5+. The Balaban J connectivity index is 2.18. The van der Waals surface area contributed by atoms with Crippen LogP contribution in [0.5, 0.6) is 5.75 Å². The summed E-state index contributed by atoms with van der Waals surface area (Å²) in [5.74, 6) is -0.908. The number of aliphatic hydroxyl groups excluding tert-OH is 1. The summed E-state index contributed by atoms with van der Waals surface area (Å²) in [6.45, 7) is 2.56. The lowest BCUT2D eigenvalue weighted by atomic mass is 10.2. The molecule has 20 heavy (non-hydrogen) atoms. The van der Waals surface area contributed by atoms with E-state index in [4.69, 9.17) is 9.47 Å². The number of hydrogen-bond donors (Lipinski definition) is 2. The first-order valence-electron chi connectivity index (χ1n) is 6.19. The molecule has 1 atom stereocenters. The first kappa shape index (κ1) is 12.7. The molecule has 2 aliphatic heterocycles. The number of fused-ring (bicyclic) bond motifs is 2. The highest BCUT2D eigenvalue weighted by molar-refractivity contribution is 5.91. The number of pyridine rings is 1. The molecule has 3 rings (SSSR count). The molecule has 0 radical (unpaired) electrons. The third-order valence-corrected chi connectivity index (χ3v) is 3.20. The van der Waals surface area contributed by atoms with Crippen LogP contribution in [0, 0.1) is 0 Å². The van der Waals surface area contributed by atoms with Gasteiger partial charge in [-0.25, -0.2) is 4.68 Å². The molecule has 1 saturated heterocycles. The number of nitrogens with zero attached hydrogens (tertiary/aromatic N) is 2. The smallest absolute Gasteiger partial charge is 0.392 e. The van der Waals surface area contributed by atoms with Crippen molar-refractivity contribution in [3.8, 4) is 5.75 Å². The Morgan fingerprint density at radius 1 is 1.65 bits per heavy atom. The van der Waals surface area contributed by atoms with Gasteiger partial charge >= 0.3 is 11.9 Å². The predicted octanol–water partition coefficient (Wildman–Crippen LogP) is -0.996. The van der Waals surface area contributed by atoms with E-state index in [0.29, 0.717) is 19.8 Å². The van der Waals surface area contributed by atoms with Crippen LogP contribution in [-0.4, -0.2) is 52.1 Å². The number of esters is 1. The van der Waals surface area contributed by atoms with E-state index < -0.39 is 11.4 Å². The number of aromatic nitrogens is 1. The summed E-state index contributed by atoms with van der Waals surface area (Å²) in [4.78, 5) is 23.0. The summed E-state index contributed by atoms with van der Waals surface area (Å²) >= 11 is 0. The van der Waals surface area contributed by atoms with Gasteiger partial charge in [0.2, 0.25) is 16.9 Å². The van der Waals surface area contributed by atoms with Crippen molar-refractivity contribution in [2.45, 2.75) is 13.1 Å². The number of carbonyl (C=O) groups is 1. The summed E-state index contributed by atoms with van der Waals surface area (Å²) in [6.07, 6.45) is 1.25. The Labute approximate surface area is 113 Å². The van der Waals surface area contributed by atoms with E-state index in [1.165, 1.54) is 23.9 Å². The molecule has 0 aromatic carbocycles. The van der Waals surface area contributed by atoms with Crippen LogP contribution in [0.3, 0.4) is 0 Å². The van der Waals surface area contributed by atoms with Crippen LogP contribution in [0.15, 0.2) is 17.1 Å². The molecule has 0 spiro atoms. The van der Waals surface area contributed by atoms with Gasteiger partial charge in [0.05, 0.1) is 0 Å². The molecule has 0 amide bonds. The third-order valence-electron chi connectivity index (χ3n) is 3.20. The van der Waals surface area contributed by atoms with Crippen molar-refractivity contribution >= 4 is 11.9 Å². The van der Waals surface area contributed by atoms with Gasteiger partial charge in [-0.15, -0.1) is 0 Å². The number of rotatable bonds is 1. The largest absolute Gasteiger partial charge is 0.458 e. The summed E-state index contributed by atoms with van der Waals surface area (Å²) in [5.41, 5.74) is 2.75. The van der Waals surface area contributed by atoms with E-state index in [2.05, 4.69) is 5.43 Å². The Morgan fingerprint density at radius 3 is 3.20 bits per heavy atom. The Hall–Kier alpha value is -2.35. The fourth-order valence-electron chi connectivity index (χ4n) is 2.34. The van der Waals surface area contributed by atoms with Gasteiger partial charge < -0.3 is 14.6 Å². The second kappa shape index (κ2) is 4.64. The molecule has 1 aromatic heterocycles. The maximum atomic E-state index is 11.8. The fourth-order valence-corrected chi connectivity index (χ4v) is 2.34. The number of nitrogens with one attached hydrogen (secondary N) is 1. The third kappa shape index (κ3) is 1.94. The number of morpholine rings is 1. The van der Waals surface area contributed by atoms with E-state index in [1.54, 1.807) is 4.58 Å². The molecule has 0 bridgehead atoms. The van der Waals surface area contributed by atoms with Crippen molar-refractivity contribution in [3.63, 3.8) is 0 Å². The van der Waals surface area contributed by atoms with Crippen LogP contribution in [0.2, 0.25) is 0 Å². The van der Waals surface area contributed by atoms with E-state index in [0.717, 1.165) is 0 Å². The van der Waals surface area contributed by atoms with E-state index in [9.17, 15) is 14.7 Å². The Bertz CT molecular complexity index is 664. The SMILES string of the molecule is CC(=O)Oc1c2n(ccc1=O)NC1COCC[N+]1=C2O. The van der Waals surface area contributed by atoms with Crippen LogP contribution in [0.4, 0.5) is 0 Å². The zero-order chi connectivity index (χ0) is 14.3. The summed E-state index contributed by atoms with van der Waals surface area (Å²) in [6, 6.07) is 1.27. The standard InChI is InChI=1S/C12H13N3O5/c1-7(16)20-11-8(17)2-3-15-10(11)12(18)14-4-5-19-6-9(14)13-15/h2-3,9,13H,4-6H2,1H3/p+1. The summed E-state index contributed by atoms with van der Waals surface area (Å²) in [5, 5.41) is 10.4. The van der Waals surface area contributed by atoms with Crippen LogP contribution in [-0.2, 0) is 9.53 Å². The number of hydrogen-bond acceptors (Lipinski definition) is 5. The van der Waals surface area contributed by atoms with Gasteiger partial charge in [0, 0.05) is 19.2 Å². The lowest BCUT2D eigenvalue weighted by Gasteiger charge is -2.29. The molecule has 2 N–H and O–H groups in total. The van der Waals surface area contributed by atoms with Gasteiger partial charge in [-0.2, -0.15) is 4.58 Å². The molecule has 3 heterocycles. The molecule has 106 valence electrons. The molecule has 1 aromatic rings. The minimum atomic E-state index is -0.618. The molecule has 8 heteroatoms.